The Morgan fingerprint density at radius 2 is 2.13 bits per heavy atom. The van der Waals surface area contributed by atoms with E-state index in [0.717, 1.165) is 5.69 Å². The molecule has 1 atom stereocenters. The summed E-state index contributed by atoms with van der Waals surface area (Å²) in [6, 6.07) is 10.3. The molecule has 0 fully saturated rings. The van der Waals surface area contributed by atoms with E-state index in [9.17, 15) is 10.1 Å². The van der Waals surface area contributed by atoms with Gasteiger partial charge in [0.1, 0.15) is 6.10 Å². The molecular formula is C16H19N3O4. The molecule has 7 nitrogen and oxygen atoms in total. The van der Waals surface area contributed by atoms with E-state index >= 15 is 0 Å². The van der Waals surface area contributed by atoms with Crippen molar-refractivity contribution < 1.29 is 14.4 Å². The van der Waals surface area contributed by atoms with Crippen LogP contribution in [0.3, 0.4) is 0 Å². The van der Waals surface area contributed by atoms with Crippen LogP contribution in [-0.4, -0.2) is 30.2 Å². The first kappa shape index (κ1) is 16.7. The van der Waals surface area contributed by atoms with Gasteiger partial charge in [0.15, 0.2) is 11.4 Å². The molecule has 2 aromatic rings. The molecular weight excluding hydrogens is 298 g/mol. The summed E-state index contributed by atoms with van der Waals surface area (Å²) in [6.07, 6.45) is 1.35. The molecule has 0 saturated carbocycles. The maximum absolute atomic E-state index is 11.2. The molecule has 2 rings (SSSR count). The van der Waals surface area contributed by atoms with E-state index in [1.54, 1.807) is 25.4 Å². The number of ether oxygens (including phenoxy) is 2. The fourth-order valence-corrected chi connectivity index (χ4v) is 2.09. The monoisotopic (exact) mass is 317 g/mol. The summed E-state index contributed by atoms with van der Waals surface area (Å²) < 4.78 is 10.9. The van der Waals surface area contributed by atoms with Crippen LogP contribution in [0.4, 0.5) is 11.4 Å². The average molecular weight is 317 g/mol. The first-order valence-corrected chi connectivity index (χ1v) is 7.21. The van der Waals surface area contributed by atoms with Gasteiger partial charge in [-0.15, -0.1) is 0 Å². The number of nitro benzene ring substituents is 1. The standard InChI is InChI=1S/C16H19N3O4/c1-12(13-6-3-4-9-17-13)23-15-8-5-7-14(19(20)21)16(15)18-10-11-22-2/h3-9,12,18H,10-11H2,1-2H3. The highest BCUT2D eigenvalue weighted by molar-refractivity contribution is 5.70. The van der Waals surface area contributed by atoms with E-state index in [4.69, 9.17) is 9.47 Å². The van der Waals surface area contributed by atoms with Gasteiger partial charge in [-0.25, -0.2) is 0 Å². The van der Waals surface area contributed by atoms with E-state index in [0.29, 0.717) is 24.6 Å². The van der Waals surface area contributed by atoms with Crippen molar-refractivity contribution in [3.63, 3.8) is 0 Å². The van der Waals surface area contributed by atoms with Gasteiger partial charge in [-0.2, -0.15) is 0 Å². The van der Waals surface area contributed by atoms with Gasteiger partial charge in [0.2, 0.25) is 0 Å². The van der Waals surface area contributed by atoms with Crippen LogP contribution >= 0.6 is 0 Å². The highest BCUT2D eigenvalue weighted by atomic mass is 16.6. The van der Waals surface area contributed by atoms with Gasteiger partial charge in [-0.3, -0.25) is 15.1 Å². The number of pyridine rings is 1. The largest absolute Gasteiger partial charge is 0.482 e. The number of para-hydroxylation sites is 1. The van der Waals surface area contributed by atoms with Gasteiger partial charge in [0.05, 0.1) is 17.2 Å². The van der Waals surface area contributed by atoms with Gasteiger partial charge >= 0.3 is 0 Å². The topological polar surface area (TPSA) is 86.5 Å². The Labute approximate surface area is 134 Å². The van der Waals surface area contributed by atoms with Gasteiger partial charge in [0.25, 0.3) is 5.69 Å². The molecule has 0 aliphatic rings. The molecule has 1 aromatic carbocycles. The zero-order chi connectivity index (χ0) is 16.7. The van der Waals surface area contributed by atoms with Gasteiger partial charge in [0, 0.05) is 25.9 Å². The molecule has 1 N–H and O–H groups in total. The third-order valence-electron chi connectivity index (χ3n) is 3.22. The quantitative estimate of drug-likeness (QED) is 0.457. The number of anilines is 1. The van der Waals surface area contributed by atoms with Crippen molar-refractivity contribution in [2.24, 2.45) is 0 Å². The molecule has 0 saturated heterocycles. The first-order valence-electron chi connectivity index (χ1n) is 7.21. The molecule has 23 heavy (non-hydrogen) atoms. The predicted molar refractivity (Wildman–Crippen MR) is 86.7 cm³/mol. The van der Waals surface area contributed by atoms with Crippen molar-refractivity contribution in [1.29, 1.82) is 0 Å². The number of nitro groups is 1. The number of nitrogens with one attached hydrogen (secondary N) is 1. The number of nitrogens with zero attached hydrogens (tertiary/aromatic N) is 2. The van der Waals surface area contributed by atoms with Crippen LogP contribution in [-0.2, 0) is 4.74 Å². The molecule has 0 spiro atoms. The molecule has 0 amide bonds. The summed E-state index contributed by atoms with van der Waals surface area (Å²) in [5, 5.41) is 14.2. The van der Waals surface area contributed by atoms with Gasteiger partial charge in [-0.05, 0) is 25.1 Å². The average Bonchev–Trinajstić information content (AvgIpc) is 2.56. The Hall–Kier alpha value is -2.67. The first-order chi connectivity index (χ1) is 11.1. The Morgan fingerprint density at radius 3 is 2.78 bits per heavy atom. The number of rotatable bonds is 8. The SMILES string of the molecule is COCCNc1c(OC(C)c2ccccn2)cccc1[N+](=O)[O-]. The Kier molecular flexibility index (Phi) is 5.87. The van der Waals surface area contributed by atoms with Crippen LogP contribution < -0.4 is 10.1 Å². The van der Waals surface area contributed by atoms with Gasteiger partial charge in [-0.1, -0.05) is 12.1 Å². The number of methoxy groups -OCH3 is 1. The van der Waals surface area contributed by atoms with E-state index in [-0.39, 0.29) is 11.8 Å². The van der Waals surface area contributed by atoms with E-state index in [2.05, 4.69) is 10.3 Å². The molecule has 0 radical (unpaired) electrons. The van der Waals surface area contributed by atoms with Crippen molar-refractivity contribution in [2.45, 2.75) is 13.0 Å². The second-order valence-electron chi connectivity index (χ2n) is 4.84. The van der Waals surface area contributed by atoms with Gasteiger partial charge < -0.3 is 14.8 Å². The number of hydrogen-bond donors (Lipinski definition) is 1. The lowest BCUT2D eigenvalue weighted by molar-refractivity contribution is -0.384. The van der Waals surface area contributed by atoms with E-state index in [1.165, 1.54) is 6.07 Å². The van der Waals surface area contributed by atoms with Crippen LogP contribution in [0.15, 0.2) is 42.6 Å². The van der Waals surface area contributed by atoms with Crippen LogP contribution in [0.2, 0.25) is 0 Å². The van der Waals surface area contributed by atoms with Crippen LogP contribution in [0.1, 0.15) is 18.7 Å². The molecule has 0 aliphatic heterocycles. The molecule has 0 aliphatic carbocycles. The van der Waals surface area contributed by atoms with Crippen molar-refractivity contribution >= 4 is 11.4 Å². The lowest BCUT2D eigenvalue weighted by Gasteiger charge is -2.17. The van der Waals surface area contributed by atoms with Crippen molar-refractivity contribution in [3.8, 4) is 5.75 Å². The summed E-state index contributed by atoms with van der Waals surface area (Å²) in [5.41, 5.74) is 1.06. The summed E-state index contributed by atoms with van der Waals surface area (Å²) in [4.78, 5) is 15.0. The van der Waals surface area contributed by atoms with E-state index < -0.39 is 4.92 Å². The summed E-state index contributed by atoms with van der Waals surface area (Å²) in [5.74, 6) is 0.411. The molecule has 1 aromatic heterocycles. The minimum Gasteiger partial charge on any atom is -0.482 e. The smallest absolute Gasteiger partial charge is 0.296 e. The third-order valence-corrected chi connectivity index (χ3v) is 3.22. The zero-order valence-corrected chi connectivity index (χ0v) is 13.1. The maximum atomic E-state index is 11.2. The normalized spacial score (nSPS) is 11.7. The Balaban J connectivity index is 2.26. The summed E-state index contributed by atoms with van der Waals surface area (Å²) in [7, 11) is 1.57. The highest BCUT2D eigenvalue weighted by Gasteiger charge is 2.20. The summed E-state index contributed by atoms with van der Waals surface area (Å²) >= 11 is 0. The Bertz CT molecular complexity index is 649. The van der Waals surface area contributed by atoms with Crippen molar-refractivity contribution in [3.05, 3.63) is 58.4 Å². The molecule has 122 valence electrons. The maximum Gasteiger partial charge on any atom is 0.296 e. The Morgan fingerprint density at radius 1 is 1.30 bits per heavy atom. The van der Waals surface area contributed by atoms with Crippen molar-refractivity contribution in [2.75, 3.05) is 25.6 Å². The van der Waals surface area contributed by atoms with Crippen LogP contribution in [0.25, 0.3) is 0 Å². The second kappa shape index (κ2) is 8.09. The minimum atomic E-state index is -0.437. The third kappa shape index (κ3) is 4.40. The fourth-order valence-electron chi connectivity index (χ4n) is 2.09. The predicted octanol–water partition coefficient (Wildman–Crippen LogP) is 3.19. The lowest BCUT2D eigenvalue weighted by Crippen LogP contribution is -2.12. The number of hydrogen-bond acceptors (Lipinski definition) is 6. The van der Waals surface area contributed by atoms with E-state index in [1.807, 2.05) is 25.1 Å². The number of benzene rings is 1. The lowest BCUT2D eigenvalue weighted by atomic mass is 10.2. The molecule has 7 heteroatoms. The second-order valence-corrected chi connectivity index (χ2v) is 4.84. The fraction of sp³-hybridized carbons (Fsp3) is 0.312. The number of aromatic nitrogens is 1. The van der Waals surface area contributed by atoms with Crippen molar-refractivity contribution in [1.82, 2.24) is 4.98 Å². The highest BCUT2D eigenvalue weighted by Crippen LogP contribution is 2.36. The molecule has 0 bridgehead atoms. The minimum absolute atomic E-state index is 0.0353. The summed E-state index contributed by atoms with van der Waals surface area (Å²) in [6.45, 7) is 2.72. The molecule has 1 heterocycles. The molecule has 1 unspecified atom stereocenters. The van der Waals surface area contributed by atoms with Crippen LogP contribution in [0.5, 0.6) is 5.75 Å². The van der Waals surface area contributed by atoms with Crippen LogP contribution in [0, 0.1) is 10.1 Å². The zero-order valence-electron chi connectivity index (χ0n) is 13.1.